The van der Waals surface area contributed by atoms with Crippen LogP contribution in [0.5, 0.6) is 0 Å². The minimum atomic E-state index is -6.13. The molecule has 94 valence electrons. The lowest BCUT2D eigenvalue weighted by Gasteiger charge is -2.20. The summed E-state index contributed by atoms with van der Waals surface area (Å²) >= 11 is 0. The highest BCUT2D eigenvalue weighted by Gasteiger charge is 2.63. The SMILES string of the molecule is O=C(O)[C@@H](CO)NC(=O)C(F)(F)C(F)(F)F. The highest BCUT2D eigenvalue weighted by molar-refractivity contribution is 5.88. The third kappa shape index (κ3) is 3.02. The van der Waals surface area contributed by atoms with Gasteiger partial charge in [-0.05, 0) is 0 Å². The van der Waals surface area contributed by atoms with Crippen molar-refractivity contribution in [2.45, 2.75) is 18.1 Å². The number of carbonyl (C=O) groups excluding carboxylic acids is 1. The standard InChI is InChI=1S/C6H6F5NO4/c7-5(8,6(9,10)11)4(16)12-2(1-13)3(14)15/h2,13H,1H2,(H,12,16)(H,14,15)/t2-/m1/s1. The van der Waals surface area contributed by atoms with Crippen molar-refractivity contribution < 1.29 is 41.8 Å². The fourth-order valence-electron chi connectivity index (χ4n) is 0.563. The largest absolute Gasteiger partial charge is 0.480 e. The van der Waals surface area contributed by atoms with Crippen LogP contribution in [0.15, 0.2) is 0 Å². The molecule has 0 aliphatic rings. The van der Waals surface area contributed by atoms with Gasteiger partial charge in [0, 0.05) is 0 Å². The zero-order valence-electron chi connectivity index (χ0n) is 7.39. The number of hydrogen-bond acceptors (Lipinski definition) is 3. The van der Waals surface area contributed by atoms with Crippen LogP contribution in [0.2, 0.25) is 0 Å². The van der Waals surface area contributed by atoms with Gasteiger partial charge in [-0.25, -0.2) is 4.79 Å². The molecule has 0 rings (SSSR count). The van der Waals surface area contributed by atoms with E-state index in [1.807, 2.05) is 0 Å². The second kappa shape index (κ2) is 4.60. The Labute approximate surface area is 84.9 Å². The molecule has 0 aromatic carbocycles. The number of amides is 1. The van der Waals surface area contributed by atoms with Gasteiger partial charge in [0.1, 0.15) is 0 Å². The van der Waals surface area contributed by atoms with Crippen LogP contribution in [-0.2, 0) is 9.59 Å². The van der Waals surface area contributed by atoms with Crippen molar-refractivity contribution in [3.8, 4) is 0 Å². The zero-order valence-corrected chi connectivity index (χ0v) is 7.39. The number of carbonyl (C=O) groups is 2. The summed E-state index contributed by atoms with van der Waals surface area (Å²) in [7, 11) is 0. The molecule has 0 aromatic rings. The zero-order chi connectivity index (χ0) is 13.1. The first-order valence-electron chi connectivity index (χ1n) is 3.63. The van der Waals surface area contributed by atoms with Gasteiger partial charge in [-0.1, -0.05) is 0 Å². The van der Waals surface area contributed by atoms with Gasteiger partial charge in [0.05, 0.1) is 6.61 Å². The average Bonchev–Trinajstić information content (AvgIpc) is 2.11. The van der Waals surface area contributed by atoms with E-state index in [9.17, 15) is 31.5 Å². The Hall–Kier alpha value is -1.45. The molecule has 0 heterocycles. The molecular weight excluding hydrogens is 245 g/mol. The average molecular weight is 251 g/mol. The van der Waals surface area contributed by atoms with Crippen LogP contribution in [0.1, 0.15) is 0 Å². The maximum atomic E-state index is 12.3. The van der Waals surface area contributed by atoms with Gasteiger partial charge in [0.2, 0.25) is 0 Å². The first-order chi connectivity index (χ1) is 7.04. The lowest BCUT2D eigenvalue weighted by Crippen LogP contribution is -2.55. The second-order valence-corrected chi connectivity index (χ2v) is 2.62. The molecule has 0 bridgehead atoms. The van der Waals surface area contributed by atoms with Gasteiger partial charge in [-0.15, -0.1) is 0 Å². The van der Waals surface area contributed by atoms with E-state index < -0.39 is 36.6 Å². The van der Waals surface area contributed by atoms with Crippen molar-refractivity contribution >= 4 is 11.9 Å². The number of carboxylic acid groups (broad SMARTS) is 1. The summed E-state index contributed by atoms with van der Waals surface area (Å²) in [5.74, 6) is -10.5. The number of carboxylic acids is 1. The highest BCUT2D eigenvalue weighted by Crippen LogP contribution is 2.35. The minimum Gasteiger partial charge on any atom is -0.480 e. The quantitative estimate of drug-likeness (QED) is 0.601. The fraction of sp³-hybridized carbons (Fsp3) is 0.667. The maximum Gasteiger partial charge on any atom is 0.463 e. The monoisotopic (exact) mass is 251 g/mol. The summed E-state index contributed by atoms with van der Waals surface area (Å²) < 4.78 is 59.4. The van der Waals surface area contributed by atoms with Crippen molar-refractivity contribution in [3.05, 3.63) is 0 Å². The molecule has 0 saturated heterocycles. The summed E-state index contributed by atoms with van der Waals surface area (Å²) in [6.45, 7) is -1.31. The Bertz CT molecular complexity index is 289. The smallest absolute Gasteiger partial charge is 0.463 e. The molecule has 0 radical (unpaired) electrons. The number of alkyl halides is 5. The van der Waals surface area contributed by atoms with Crippen LogP contribution in [0.4, 0.5) is 22.0 Å². The van der Waals surface area contributed by atoms with Crippen molar-refractivity contribution in [2.75, 3.05) is 6.61 Å². The van der Waals surface area contributed by atoms with Crippen molar-refractivity contribution in [2.24, 2.45) is 0 Å². The molecule has 16 heavy (non-hydrogen) atoms. The molecule has 1 amide bonds. The molecule has 0 spiro atoms. The van der Waals surface area contributed by atoms with Crippen molar-refractivity contribution in [3.63, 3.8) is 0 Å². The molecule has 10 heteroatoms. The molecule has 1 atom stereocenters. The van der Waals surface area contributed by atoms with Gasteiger partial charge in [0.25, 0.3) is 0 Å². The Balaban J connectivity index is 4.76. The first kappa shape index (κ1) is 14.5. The van der Waals surface area contributed by atoms with E-state index in [1.54, 1.807) is 0 Å². The maximum absolute atomic E-state index is 12.3. The van der Waals surface area contributed by atoms with E-state index in [1.165, 1.54) is 0 Å². The van der Waals surface area contributed by atoms with E-state index in [-0.39, 0.29) is 0 Å². The van der Waals surface area contributed by atoms with E-state index >= 15 is 0 Å². The van der Waals surface area contributed by atoms with E-state index in [0.29, 0.717) is 0 Å². The number of aliphatic hydroxyl groups is 1. The number of rotatable bonds is 4. The van der Waals surface area contributed by atoms with Crippen LogP contribution >= 0.6 is 0 Å². The van der Waals surface area contributed by atoms with Gasteiger partial charge < -0.3 is 15.5 Å². The van der Waals surface area contributed by atoms with Crippen LogP contribution < -0.4 is 5.32 Å². The number of nitrogens with one attached hydrogen (secondary N) is 1. The van der Waals surface area contributed by atoms with Crippen LogP contribution in [-0.4, -0.2) is 46.8 Å². The highest BCUT2D eigenvalue weighted by atomic mass is 19.4. The second-order valence-electron chi connectivity index (χ2n) is 2.62. The summed E-state index contributed by atoms with van der Waals surface area (Å²) in [6.07, 6.45) is -6.13. The van der Waals surface area contributed by atoms with Gasteiger partial charge in [0.15, 0.2) is 6.04 Å². The number of halogens is 5. The van der Waals surface area contributed by atoms with E-state index in [0.717, 1.165) is 5.32 Å². The number of aliphatic hydroxyl groups excluding tert-OH is 1. The minimum absolute atomic E-state index is 0.854. The van der Waals surface area contributed by atoms with Crippen LogP contribution in [0.25, 0.3) is 0 Å². The number of hydrogen-bond donors (Lipinski definition) is 3. The molecular formula is C6H6F5NO4. The fourth-order valence-corrected chi connectivity index (χ4v) is 0.563. The Morgan fingerprint density at radius 1 is 1.19 bits per heavy atom. The molecule has 0 saturated carbocycles. The Morgan fingerprint density at radius 3 is 1.88 bits per heavy atom. The van der Waals surface area contributed by atoms with Crippen LogP contribution in [0.3, 0.4) is 0 Å². The third-order valence-corrected chi connectivity index (χ3v) is 1.43. The molecule has 0 aromatic heterocycles. The van der Waals surface area contributed by atoms with Gasteiger partial charge in [-0.3, -0.25) is 4.79 Å². The van der Waals surface area contributed by atoms with Crippen molar-refractivity contribution in [1.82, 2.24) is 5.32 Å². The molecule has 0 fully saturated rings. The molecule has 0 aliphatic heterocycles. The summed E-state index contributed by atoms with van der Waals surface area (Å²) in [5.41, 5.74) is 0. The van der Waals surface area contributed by atoms with E-state index in [2.05, 4.69) is 0 Å². The van der Waals surface area contributed by atoms with Gasteiger partial charge in [-0.2, -0.15) is 22.0 Å². The molecule has 5 nitrogen and oxygen atoms in total. The summed E-state index contributed by atoms with van der Waals surface area (Å²) in [5, 5.41) is 17.3. The van der Waals surface area contributed by atoms with Crippen LogP contribution in [0, 0.1) is 0 Å². The normalized spacial score (nSPS) is 14.4. The van der Waals surface area contributed by atoms with Crippen molar-refractivity contribution in [1.29, 1.82) is 0 Å². The lowest BCUT2D eigenvalue weighted by molar-refractivity contribution is -0.270. The van der Waals surface area contributed by atoms with E-state index in [4.69, 9.17) is 10.2 Å². The predicted octanol–water partition coefficient (Wildman–Crippen LogP) is -0.254. The lowest BCUT2D eigenvalue weighted by atomic mass is 10.2. The predicted molar refractivity (Wildman–Crippen MR) is 37.7 cm³/mol. The van der Waals surface area contributed by atoms with Gasteiger partial charge >= 0.3 is 24.0 Å². The Morgan fingerprint density at radius 2 is 1.62 bits per heavy atom. The topological polar surface area (TPSA) is 86.6 Å². The first-order valence-corrected chi connectivity index (χ1v) is 3.63. The number of aliphatic carboxylic acids is 1. The summed E-state index contributed by atoms with van der Waals surface area (Å²) in [4.78, 5) is 20.6. The third-order valence-electron chi connectivity index (χ3n) is 1.43. The molecule has 3 N–H and O–H groups in total. The summed E-state index contributed by atoms with van der Waals surface area (Å²) in [6, 6.07) is -2.22. The molecule has 0 aliphatic carbocycles. The molecule has 0 unspecified atom stereocenters. The Kier molecular flexibility index (Phi) is 4.18.